The van der Waals surface area contributed by atoms with E-state index in [9.17, 15) is 19.8 Å². The second kappa shape index (κ2) is 16.5. The van der Waals surface area contributed by atoms with Crippen LogP contribution < -0.4 is 4.90 Å². The van der Waals surface area contributed by atoms with Crippen molar-refractivity contribution in [3.63, 3.8) is 0 Å². The minimum absolute atomic E-state index is 0.198. The van der Waals surface area contributed by atoms with Gasteiger partial charge in [0, 0.05) is 60.3 Å². The van der Waals surface area contributed by atoms with Gasteiger partial charge in [-0.2, -0.15) is 4.58 Å². The average Bonchev–Trinajstić information content (AvgIpc) is 3.53. The van der Waals surface area contributed by atoms with E-state index >= 15 is 0 Å². The van der Waals surface area contributed by atoms with Gasteiger partial charge in [0.05, 0.1) is 5.41 Å². The van der Waals surface area contributed by atoms with Crippen molar-refractivity contribution in [1.82, 2.24) is 0 Å². The van der Waals surface area contributed by atoms with Crippen LogP contribution in [0.15, 0.2) is 120 Å². The van der Waals surface area contributed by atoms with Gasteiger partial charge < -0.3 is 15.1 Å². The summed E-state index contributed by atoms with van der Waals surface area (Å²) in [6, 6.07) is 26.4. The van der Waals surface area contributed by atoms with Crippen LogP contribution in [0.4, 0.5) is 11.4 Å². The lowest BCUT2D eigenvalue weighted by molar-refractivity contribution is -0.438. The Morgan fingerprint density at radius 1 is 0.696 bits per heavy atom. The number of fused-ring (bicyclic) bond motifs is 6. The SMILES string of the molecule is CC1(C)C(/C=C/C2=CC(=C/C=C3/N(CCCCCC(=O)O)c4ccc5ccccc5c4C3(C)C)/CCC2)=[N+](CCCCCC(=O)O)c2ccc3ccccc3c21. The van der Waals surface area contributed by atoms with E-state index in [1.165, 1.54) is 66.6 Å². The molecule has 0 unspecified atom stereocenters. The lowest BCUT2D eigenvalue weighted by atomic mass is 9.79. The molecule has 6 nitrogen and oxygen atoms in total. The molecule has 0 amide bonds. The van der Waals surface area contributed by atoms with E-state index in [0.29, 0.717) is 12.8 Å². The first-order chi connectivity index (χ1) is 27.0. The van der Waals surface area contributed by atoms with Gasteiger partial charge in [0.15, 0.2) is 5.71 Å². The van der Waals surface area contributed by atoms with Crippen molar-refractivity contribution in [3.8, 4) is 0 Å². The normalized spacial score (nSPS) is 18.7. The number of anilines is 1. The van der Waals surface area contributed by atoms with Gasteiger partial charge in [-0.05, 0) is 115 Å². The lowest BCUT2D eigenvalue weighted by Crippen LogP contribution is -2.28. The Kier molecular flexibility index (Phi) is 11.5. The van der Waals surface area contributed by atoms with Crippen molar-refractivity contribution >= 4 is 50.6 Å². The van der Waals surface area contributed by atoms with E-state index in [1.807, 2.05) is 0 Å². The number of allylic oxidation sites excluding steroid dienone is 8. The summed E-state index contributed by atoms with van der Waals surface area (Å²) >= 11 is 0. The summed E-state index contributed by atoms with van der Waals surface area (Å²) in [7, 11) is 0. The summed E-state index contributed by atoms with van der Waals surface area (Å²) in [5, 5.41) is 23.5. The van der Waals surface area contributed by atoms with Crippen molar-refractivity contribution in [2.45, 2.75) is 109 Å². The van der Waals surface area contributed by atoms with Crippen molar-refractivity contribution in [2.24, 2.45) is 0 Å². The molecule has 4 aromatic carbocycles. The number of aliphatic carboxylic acids is 2. The summed E-state index contributed by atoms with van der Waals surface area (Å²) < 4.78 is 2.49. The molecule has 6 heteroatoms. The molecule has 0 fully saturated rings. The monoisotopic (exact) mass is 749 g/mol. The van der Waals surface area contributed by atoms with Gasteiger partial charge in [0.25, 0.3) is 0 Å². The zero-order valence-electron chi connectivity index (χ0n) is 33.6. The second-order valence-corrected chi connectivity index (χ2v) is 16.9. The van der Waals surface area contributed by atoms with Crippen molar-refractivity contribution < 1.29 is 24.4 Å². The van der Waals surface area contributed by atoms with Crippen molar-refractivity contribution in [2.75, 3.05) is 18.0 Å². The molecule has 2 heterocycles. The quantitative estimate of drug-likeness (QED) is 0.0934. The molecule has 7 rings (SSSR count). The molecule has 3 aliphatic rings. The zero-order chi connectivity index (χ0) is 39.5. The molecule has 0 atom stereocenters. The molecule has 2 N–H and O–H groups in total. The number of unbranched alkanes of at least 4 members (excludes halogenated alkanes) is 4. The highest BCUT2D eigenvalue weighted by molar-refractivity contribution is 6.07. The second-order valence-electron chi connectivity index (χ2n) is 16.9. The van der Waals surface area contributed by atoms with Crippen LogP contribution in [-0.2, 0) is 20.4 Å². The first-order valence-corrected chi connectivity index (χ1v) is 20.7. The third kappa shape index (κ3) is 7.89. The van der Waals surface area contributed by atoms with Crippen LogP contribution in [-0.4, -0.2) is 45.5 Å². The fourth-order valence-electron chi connectivity index (χ4n) is 9.51. The Hall–Kier alpha value is -5.23. The van der Waals surface area contributed by atoms with Gasteiger partial charge in [-0.1, -0.05) is 93.1 Å². The van der Waals surface area contributed by atoms with Crippen LogP contribution in [0.3, 0.4) is 0 Å². The number of carboxylic acid groups (broad SMARTS) is 2. The Balaban J connectivity index is 1.19. The minimum atomic E-state index is -0.724. The van der Waals surface area contributed by atoms with Gasteiger partial charge in [0.1, 0.15) is 6.54 Å². The molecule has 0 bridgehead atoms. The van der Waals surface area contributed by atoms with E-state index in [1.54, 1.807) is 0 Å². The molecule has 290 valence electrons. The molecule has 0 spiro atoms. The number of rotatable bonds is 15. The molecule has 2 aliphatic heterocycles. The van der Waals surface area contributed by atoms with Crippen LogP contribution in [0.1, 0.15) is 109 Å². The van der Waals surface area contributed by atoms with Gasteiger partial charge in [-0.25, -0.2) is 0 Å². The van der Waals surface area contributed by atoms with Crippen LogP contribution in [0.25, 0.3) is 21.5 Å². The molecule has 1 aliphatic carbocycles. The van der Waals surface area contributed by atoms with E-state index < -0.39 is 11.9 Å². The number of hydrogen-bond acceptors (Lipinski definition) is 3. The van der Waals surface area contributed by atoms with E-state index in [2.05, 4.69) is 140 Å². The molecular weight excluding hydrogens is 693 g/mol. The highest BCUT2D eigenvalue weighted by Gasteiger charge is 2.45. The third-order valence-corrected chi connectivity index (χ3v) is 12.3. The molecule has 4 aromatic rings. The standard InChI is InChI=1S/C50H56N2O4/c1-49(2)43(51(32-13-5-7-22-45(53)54)41-28-26-37-18-9-11-20-39(37)47(41)49)30-24-35-16-15-17-36(34-35)25-31-44-50(3,4)48-40-21-12-10-19-38(40)27-29-42(48)52(44)33-14-6-8-23-46(55)56/h9-12,18-21,24-31,34H,5-8,13-17,22-23,32-33H2,1-4H3,(H-,53,54,55,56)/p+1. The van der Waals surface area contributed by atoms with Crippen molar-refractivity contribution in [3.05, 3.63) is 131 Å². The zero-order valence-corrected chi connectivity index (χ0v) is 33.6. The van der Waals surface area contributed by atoms with E-state index in [-0.39, 0.29) is 23.7 Å². The Morgan fingerprint density at radius 3 is 2.04 bits per heavy atom. The summed E-state index contributed by atoms with van der Waals surface area (Å²) in [4.78, 5) is 24.8. The Morgan fingerprint density at radius 2 is 1.34 bits per heavy atom. The molecule has 0 saturated heterocycles. The fraction of sp³-hybridized carbons (Fsp3) is 0.380. The number of carbonyl (C=O) groups is 2. The molecule has 56 heavy (non-hydrogen) atoms. The number of hydrogen-bond donors (Lipinski definition) is 2. The summed E-state index contributed by atoms with van der Waals surface area (Å²) in [5.74, 6) is -1.45. The first kappa shape index (κ1) is 39.0. The van der Waals surface area contributed by atoms with E-state index in [4.69, 9.17) is 0 Å². The third-order valence-electron chi connectivity index (χ3n) is 12.3. The topological polar surface area (TPSA) is 80.9 Å². The summed E-state index contributed by atoms with van der Waals surface area (Å²) in [6.07, 6.45) is 20.4. The predicted octanol–water partition coefficient (Wildman–Crippen LogP) is 11.9. The molecular formula is C50H57N2O4+. The van der Waals surface area contributed by atoms with Crippen LogP contribution in [0.2, 0.25) is 0 Å². The minimum Gasteiger partial charge on any atom is -0.481 e. The number of carboxylic acids is 2. The van der Waals surface area contributed by atoms with Gasteiger partial charge in [-0.15, -0.1) is 0 Å². The number of benzene rings is 4. The van der Waals surface area contributed by atoms with Gasteiger partial charge in [0.2, 0.25) is 5.69 Å². The molecule has 0 saturated carbocycles. The molecule has 0 aromatic heterocycles. The van der Waals surface area contributed by atoms with Crippen LogP contribution >= 0.6 is 0 Å². The Labute approximate surface area is 332 Å². The average molecular weight is 750 g/mol. The Bertz CT molecular complexity index is 2320. The largest absolute Gasteiger partial charge is 0.481 e. The van der Waals surface area contributed by atoms with E-state index in [0.717, 1.165) is 58.0 Å². The highest BCUT2D eigenvalue weighted by Crippen LogP contribution is 2.51. The lowest BCUT2D eigenvalue weighted by Gasteiger charge is -2.27. The highest BCUT2D eigenvalue weighted by atomic mass is 16.4. The predicted molar refractivity (Wildman–Crippen MR) is 231 cm³/mol. The van der Waals surface area contributed by atoms with Crippen LogP contribution in [0.5, 0.6) is 0 Å². The van der Waals surface area contributed by atoms with Crippen molar-refractivity contribution in [1.29, 1.82) is 0 Å². The maximum atomic E-state index is 11.2. The fourth-order valence-corrected chi connectivity index (χ4v) is 9.51. The smallest absolute Gasteiger partial charge is 0.303 e. The first-order valence-electron chi connectivity index (χ1n) is 20.7. The van der Waals surface area contributed by atoms with Crippen LogP contribution in [0, 0.1) is 0 Å². The van der Waals surface area contributed by atoms with Gasteiger partial charge in [-0.3, -0.25) is 9.59 Å². The maximum Gasteiger partial charge on any atom is 0.303 e. The summed E-state index contributed by atoms with van der Waals surface area (Å²) in [6.45, 7) is 11.1. The number of nitrogens with zero attached hydrogens (tertiary/aromatic N) is 2. The van der Waals surface area contributed by atoms with Gasteiger partial charge >= 0.3 is 11.9 Å². The molecule has 0 radical (unpaired) electrons. The maximum absolute atomic E-state index is 11.2. The summed E-state index contributed by atoms with van der Waals surface area (Å²) in [5.41, 5.74) is 10.1.